The second kappa shape index (κ2) is 2.67. The zero-order valence-corrected chi connectivity index (χ0v) is 6.30. The molecule has 0 aliphatic carbocycles. The number of likely N-dealkylation sites (tertiary alicyclic amines) is 1. The van der Waals surface area contributed by atoms with Crippen molar-refractivity contribution in [3.63, 3.8) is 0 Å². The van der Waals surface area contributed by atoms with Gasteiger partial charge in [0.05, 0.1) is 0 Å². The minimum atomic E-state index is 0.406. The van der Waals surface area contributed by atoms with Gasteiger partial charge in [-0.2, -0.15) is 0 Å². The van der Waals surface area contributed by atoms with Gasteiger partial charge < -0.3 is 10.6 Å². The van der Waals surface area contributed by atoms with Gasteiger partial charge in [-0.1, -0.05) is 0 Å². The average Bonchev–Trinajstić information content (AvgIpc) is 1.83. The number of hydrogen-bond acceptors (Lipinski definition) is 2. The predicted octanol–water partition coefficient (Wildman–Crippen LogP) is 0.428. The molecule has 0 aromatic heterocycles. The fourth-order valence-corrected chi connectivity index (χ4v) is 1.35. The molecular formula is C7H16N2. The number of likely N-dealkylation sites (N-methyl/N-ethyl adjacent to an activating group) is 1. The molecule has 1 fully saturated rings. The second-order valence-corrected chi connectivity index (χ2v) is 3.03. The number of nitrogens with two attached hydrogens (primary N) is 1. The zero-order chi connectivity index (χ0) is 6.85. The van der Waals surface area contributed by atoms with Crippen molar-refractivity contribution in [1.29, 1.82) is 0 Å². The van der Waals surface area contributed by atoms with E-state index in [0.29, 0.717) is 12.1 Å². The number of hydrogen-bond donors (Lipinski definition) is 1. The molecule has 1 heterocycles. The molecule has 1 aliphatic rings. The molecule has 54 valence electrons. The molecule has 0 radical (unpaired) electrons. The largest absolute Gasteiger partial charge is 0.326 e. The molecule has 0 amide bonds. The highest BCUT2D eigenvalue weighted by Gasteiger charge is 2.21. The minimum Gasteiger partial charge on any atom is -0.326 e. The van der Waals surface area contributed by atoms with E-state index in [2.05, 4.69) is 18.9 Å². The minimum absolute atomic E-state index is 0.406. The molecule has 0 aromatic carbocycles. The molecule has 0 saturated carbocycles. The Labute approximate surface area is 57.0 Å². The molecule has 2 atom stereocenters. The Kier molecular flexibility index (Phi) is 2.09. The Morgan fingerprint density at radius 1 is 1.56 bits per heavy atom. The molecular weight excluding hydrogens is 112 g/mol. The van der Waals surface area contributed by atoms with Crippen LogP contribution in [-0.4, -0.2) is 30.6 Å². The first-order valence-corrected chi connectivity index (χ1v) is 3.67. The van der Waals surface area contributed by atoms with Crippen molar-refractivity contribution in [2.24, 2.45) is 5.73 Å². The van der Waals surface area contributed by atoms with Gasteiger partial charge in [-0.25, -0.2) is 0 Å². The van der Waals surface area contributed by atoms with Crippen LogP contribution >= 0.6 is 0 Å². The van der Waals surface area contributed by atoms with Gasteiger partial charge in [0.15, 0.2) is 0 Å². The van der Waals surface area contributed by atoms with Crippen LogP contribution in [0.1, 0.15) is 19.8 Å². The summed E-state index contributed by atoms with van der Waals surface area (Å²) in [6.45, 7) is 3.42. The van der Waals surface area contributed by atoms with Crippen LogP contribution in [0.5, 0.6) is 0 Å². The van der Waals surface area contributed by atoms with Crippen molar-refractivity contribution >= 4 is 0 Å². The van der Waals surface area contributed by atoms with E-state index < -0.39 is 0 Å². The summed E-state index contributed by atoms with van der Waals surface area (Å²) in [7, 11) is 2.14. The first-order valence-electron chi connectivity index (χ1n) is 3.67. The smallest absolute Gasteiger partial charge is 0.0215 e. The fraction of sp³-hybridized carbons (Fsp3) is 1.00. The van der Waals surface area contributed by atoms with Crippen molar-refractivity contribution in [3.8, 4) is 0 Å². The lowest BCUT2D eigenvalue weighted by molar-refractivity contribution is 0.176. The van der Waals surface area contributed by atoms with Gasteiger partial charge in [0, 0.05) is 12.1 Å². The number of piperidine rings is 1. The van der Waals surface area contributed by atoms with Gasteiger partial charge >= 0.3 is 0 Å². The van der Waals surface area contributed by atoms with Crippen LogP contribution in [0.15, 0.2) is 0 Å². The third-order valence-electron chi connectivity index (χ3n) is 2.36. The molecule has 1 aliphatic heterocycles. The fourth-order valence-electron chi connectivity index (χ4n) is 1.35. The van der Waals surface area contributed by atoms with E-state index in [9.17, 15) is 0 Å². The molecule has 1 saturated heterocycles. The van der Waals surface area contributed by atoms with Crippen LogP contribution in [0.2, 0.25) is 0 Å². The molecule has 9 heavy (non-hydrogen) atoms. The summed E-state index contributed by atoms with van der Waals surface area (Å²) in [5.74, 6) is 0. The summed E-state index contributed by atoms with van der Waals surface area (Å²) < 4.78 is 0. The van der Waals surface area contributed by atoms with Gasteiger partial charge in [-0.15, -0.1) is 0 Å². The van der Waals surface area contributed by atoms with Crippen LogP contribution in [-0.2, 0) is 0 Å². The van der Waals surface area contributed by atoms with E-state index >= 15 is 0 Å². The van der Waals surface area contributed by atoms with Crippen molar-refractivity contribution in [3.05, 3.63) is 0 Å². The van der Waals surface area contributed by atoms with Crippen LogP contribution in [0, 0.1) is 0 Å². The molecule has 2 nitrogen and oxygen atoms in total. The van der Waals surface area contributed by atoms with E-state index in [1.54, 1.807) is 0 Å². The quantitative estimate of drug-likeness (QED) is 0.512. The van der Waals surface area contributed by atoms with Crippen LogP contribution in [0.4, 0.5) is 0 Å². The molecule has 1 rings (SSSR count). The summed E-state index contributed by atoms with van der Waals surface area (Å²) >= 11 is 0. The summed E-state index contributed by atoms with van der Waals surface area (Å²) in [5.41, 5.74) is 5.83. The summed E-state index contributed by atoms with van der Waals surface area (Å²) in [5, 5.41) is 0. The number of nitrogens with zero attached hydrogens (tertiary/aromatic N) is 1. The van der Waals surface area contributed by atoms with Crippen molar-refractivity contribution in [1.82, 2.24) is 4.90 Å². The monoisotopic (exact) mass is 128 g/mol. The first-order chi connectivity index (χ1) is 4.22. The maximum Gasteiger partial charge on any atom is 0.0215 e. The Morgan fingerprint density at radius 3 is 2.67 bits per heavy atom. The number of rotatable bonds is 0. The normalized spacial score (nSPS) is 39.0. The Morgan fingerprint density at radius 2 is 2.22 bits per heavy atom. The Bertz CT molecular complexity index is 82.9. The van der Waals surface area contributed by atoms with Crippen molar-refractivity contribution in [2.45, 2.75) is 31.8 Å². The third-order valence-corrected chi connectivity index (χ3v) is 2.36. The van der Waals surface area contributed by atoms with Crippen molar-refractivity contribution < 1.29 is 0 Å². The molecule has 2 unspecified atom stereocenters. The van der Waals surface area contributed by atoms with E-state index in [1.807, 2.05) is 0 Å². The van der Waals surface area contributed by atoms with Crippen LogP contribution in [0.3, 0.4) is 0 Å². The zero-order valence-electron chi connectivity index (χ0n) is 6.30. The Balaban J connectivity index is 2.41. The highest BCUT2D eigenvalue weighted by molar-refractivity contribution is 4.81. The molecule has 0 bridgehead atoms. The van der Waals surface area contributed by atoms with E-state index in [-0.39, 0.29) is 0 Å². The van der Waals surface area contributed by atoms with Gasteiger partial charge in [-0.3, -0.25) is 0 Å². The molecule has 0 aromatic rings. The van der Waals surface area contributed by atoms with Gasteiger partial charge in [-0.05, 0) is 33.4 Å². The van der Waals surface area contributed by atoms with Gasteiger partial charge in [0.2, 0.25) is 0 Å². The van der Waals surface area contributed by atoms with Crippen LogP contribution in [0.25, 0.3) is 0 Å². The highest BCUT2D eigenvalue weighted by atomic mass is 15.1. The van der Waals surface area contributed by atoms with Gasteiger partial charge in [0.1, 0.15) is 0 Å². The van der Waals surface area contributed by atoms with Gasteiger partial charge in [0.25, 0.3) is 0 Å². The third kappa shape index (κ3) is 1.43. The lowest BCUT2D eigenvalue weighted by Crippen LogP contribution is -2.48. The maximum atomic E-state index is 5.83. The summed E-state index contributed by atoms with van der Waals surface area (Å²) in [6, 6.07) is 0.988. The first kappa shape index (κ1) is 7.03. The standard InChI is InChI=1S/C7H16N2/c1-6-7(8)4-3-5-9(6)2/h6-7H,3-5,8H2,1-2H3. The molecule has 0 spiro atoms. The molecule has 2 heteroatoms. The topological polar surface area (TPSA) is 29.3 Å². The molecule has 2 N–H and O–H groups in total. The SMILES string of the molecule is CC1C(N)CCCN1C. The van der Waals surface area contributed by atoms with E-state index in [4.69, 9.17) is 5.73 Å². The summed E-state index contributed by atoms with van der Waals surface area (Å²) in [6.07, 6.45) is 2.47. The lowest BCUT2D eigenvalue weighted by atomic mass is 9.99. The lowest BCUT2D eigenvalue weighted by Gasteiger charge is -2.34. The Hall–Kier alpha value is -0.0800. The van der Waals surface area contributed by atoms with Crippen molar-refractivity contribution in [2.75, 3.05) is 13.6 Å². The van der Waals surface area contributed by atoms with E-state index in [0.717, 1.165) is 0 Å². The van der Waals surface area contributed by atoms with Crippen LogP contribution < -0.4 is 5.73 Å². The predicted molar refractivity (Wildman–Crippen MR) is 39.3 cm³/mol. The van der Waals surface area contributed by atoms with E-state index in [1.165, 1.54) is 19.4 Å². The second-order valence-electron chi connectivity index (χ2n) is 3.03. The highest BCUT2D eigenvalue weighted by Crippen LogP contribution is 2.12. The average molecular weight is 128 g/mol. The maximum absolute atomic E-state index is 5.83. The summed E-state index contributed by atoms with van der Waals surface area (Å²) in [4.78, 5) is 2.33.